The van der Waals surface area contributed by atoms with Crippen LogP contribution in [0.4, 0.5) is 5.82 Å². The van der Waals surface area contributed by atoms with Gasteiger partial charge in [-0.2, -0.15) is 0 Å². The molecule has 0 aliphatic rings. The molecule has 0 saturated carbocycles. The van der Waals surface area contributed by atoms with Gasteiger partial charge in [0.1, 0.15) is 10.4 Å². The highest BCUT2D eigenvalue weighted by Crippen LogP contribution is 2.11. The van der Waals surface area contributed by atoms with Crippen molar-refractivity contribution in [2.45, 2.75) is 13.3 Å². The van der Waals surface area contributed by atoms with Crippen LogP contribution >= 0.6 is 15.9 Å². The molecule has 76 valence electrons. The van der Waals surface area contributed by atoms with Crippen molar-refractivity contribution in [3.05, 3.63) is 16.5 Å². The monoisotopic (exact) mass is 259 g/mol. The van der Waals surface area contributed by atoms with Crippen molar-refractivity contribution in [3.8, 4) is 0 Å². The number of nitrogens with two attached hydrogens (primary N) is 1. The number of nitrogens with zero attached hydrogens (tertiary/aromatic N) is 2. The number of rotatable bonds is 3. The van der Waals surface area contributed by atoms with E-state index in [0.29, 0.717) is 16.9 Å². The third-order valence-corrected chi connectivity index (χ3v) is 1.85. The van der Waals surface area contributed by atoms with E-state index in [1.54, 1.807) is 6.92 Å². The molecular weight excluding hydrogens is 250 g/mol. The van der Waals surface area contributed by atoms with Gasteiger partial charge < -0.3 is 10.5 Å². The molecule has 0 saturated heterocycles. The van der Waals surface area contributed by atoms with Gasteiger partial charge >= 0.3 is 5.97 Å². The van der Waals surface area contributed by atoms with Crippen molar-refractivity contribution in [1.29, 1.82) is 0 Å². The fourth-order valence-corrected chi connectivity index (χ4v) is 1.18. The predicted octanol–water partition coefficient (Wildman–Crippen LogP) is 0.927. The number of hydrogen-bond acceptors (Lipinski definition) is 5. The molecule has 0 aliphatic carbocycles. The Morgan fingerprint density at radius 2 is 2.43 bits per heavy atom. The quantitative estimate of drug-likeness (QED) is 0.818. The molecule has 1 rings (SSSR count). The maximum atomic E-state index is 11.1. The summed E-state index contributed by atoms with van der Waals surface area (Å²) >= 11 is 3.12. The lowest BCUT2D eigenvalue weighted by Gasteiger charge is -2.03. The summed E-state index contributed by atoms with van der Waals surface area (Å²) in [5.41, 5.74) is 5.99. The number of nitrogen functional groups attached to an aromatic ring is 1. The maximum Gasteiger partial charge on any atom is 0.312 e. The highest BCUT2D eigenvalue weighted by molar-refractivity contribution is 9.10. The largest absolute Gasteiger partial charge is 0.466 e. The highest BCUT2D eigenvalue weighted by atomic mass is 79.9. The third kappa shape index (κ3) is 2.95. The molecule has 0 unspecified atom stereocenters. The smallest absolute Gasteiger partial charge is 0.312 e. The summed E-state index contributed by atoms with van der Waals surface area (Å²) in [6.07, 6.45) is 1.55. The van der Waals surface area contributed by atoms with Crippen LogP contribution in [-0.4, -0.2) is 22.5 Å². The Balaban J connectivity index is 2.72. The van der Waals surface area contributed by atoms with Gasteiger partial charge in [-0.25, -0.2) is 4.98 Å². The maximum absolute atomic E-state index is 11.1. The van der Waals surface area contributed by atoms with Gasteiger partial charge in [0.15, 0.2) is 0 Å². The first-order valence-corrected chi connectivity index (χ1v) is 4.85. The van der Waals surface area contributed by atoms with Crippen LogP contribution in [0.2, 0.25) is 0 Å². The second-order valence-corrected chi connectivity index (χ2v) is 3.32. The number of ether oxygens (including phenoxy) is 1. The summed E-state index contributed by atoms with van der Waals surface area (Å²) in [5, 5.41) is 0. The molecule has 0 amide bonds. The lowest BCUT2D eigenvalue weighted by Crippen LogP contribution is -2.11. The molecule has 1 aromatic heterocycles. The van der Waals surface area contributed by atoms with Crippen LogP contribution in [0.25, 0.3) is 0 Å². The van der Waals surface area contributed by atoms with Gasteiger partial charge in [0.2, 0.25) is 0 Å². The van der Waals surface area contributed by atoms with Crippen molar-refractivity contribution in [1.82, 2.24) is 9.97 Å². The first kappa shape index (κ1) is 10.9. The lowest BCUT2D eigenvalue weighted by atomic mass is 10.3. The Labute approximate surface area is 89.8 Å². The van der Waals surface area contributed by atoms with Crippen molar-refractivity contribution in [2.75, 3.05) is 12.3 Å². The molecule has 0 fully saturated rings. The minimum atomic E-state index is -0.351. The van der Waals surface area contributed by atoms with Crippen molar-refractivity contribution < 1.29 is 9.53 Å². The number of esters is 1. The molecule has 0 aliphatic heterocycles. The Morgan fingerprint density at radius 1 is 1.71 bits per heavy atom. The zero-order chi connectivity index (χ0) is 10.6. The summed E-state index contributed by atoms with van der Waals surface area (Å²) in [5.74, 6) is -0.108. The van der Waals surface area contributed by atoms with Crippen LogP contribution in [0.3, 0.4) is 0 Å². The van der Waals surface area contributed by atoms with E-state index in [1.165, 1.54) is 6.20 Å². The first-order valence-electron chi connectivity index (χ1n) is 4.06. The highest BCUT2D eigenvalue weighted by Gasteiger charge is 2.09. The molecule has 0 atom stereocenters. The van der Waals surface area contributed by atoms with Crippen LogP contribution in [0.15, 0.2) is 10.8 Å². The van der Waals surface area contributed by atoms with Gasteiger partial charge in [0.25, 0.3) is 0 Å². The van der Waals surface area contributed by atoms with Gasteiger partial charge in [0.05, 0.1) is 24.9 Å². The number of halogens is 1. The molecular formula is C8H10BrN3O2. The average molecular weight is 260 g/mol. The Kier molecular flexibility index (Phi) is 3.82. The van der Waals surface area contributed by atoms with Crippen LogP contribution in [-0.2, 0) is 16.0 Å². The Morgan fingerprint density at radius 3 is 3.00 bits per heavy atom. The zero-order valence-corrected chi connectivity index (χ0v) is 9.24. The number of carbonyl (C=O) groups is 1. The number of hydrogen-bond donors (Lipinski definition) is 1. The number of carbonyl (C=O) groups excluding carboxylic acids is 1. The normalized spacial score (nSPS) is 9.86. The second-order valence-electron chi connectivity index (χ2n) is 2.51. The molecule has 0 bridgehead atoms. The minimum absolute atomic E-state index is 0.0555. The van der Waals surface area contributed by atoms with Crippen molar-refractivity contribution >= 4 is 27.7 Å². The summed E-state index contributed by atoms with van der Waals surface area (Å²) in [7, 11) is 0. The van der Waals surface area contributed by atoms with Gasteiger partial charge in [-0.15, -0.1) is 0 Å². The Hall–Kier alpha value is -1.17. The minimum Gasteiger partial charge on any atom is -0.466 e. The zero-order valence-electron chi connectivity index (χ0n) is 7.66. The van der Waals surface area contributed by atoms with E-state index >= 15 is 0 Å². The van der Waals surface area contributed by atoms with Gasteiger partial charge in [-0.05, 0) is 22.9 Å². The fraction of sp³-hybridized carbons (Fsp3) is 0.375. The number of aromatic nitrogens is 2. The van der Waals surface area contributed by atoms with E-state index in [-0.39, 0.29) is 18.2 Å². The summed E-state index contributed by atoms with van der Waals surface area (Å²) in [6, 6.07) is 0. The summed E-state index contributed by atoms with van der Waals surface area (Å²) < 4.78 is 5.30. The topological polar surface area (TPSA) is 78.1 Å². The molecule has 0 aromatic carbocycles. The van der Waals surface area contributed by atoms with E-state index in [1.807, 2.05) is 0 Å². The molecule has 1 aromatic rings. The molecule has 1 heterocycles. The Bertz CT molecular complexity index is 343. The fourth-order valence-electron chi connectivity index (χ4n) is 0.891. The molecule has 0 radical (unpaired) electrons. The standard InChI is InChI=1S/C8H10BrN3O2/c1-2-14-7(13)3-5-8(10)12-6(9)4-11-5/h4H,2-3H2,1H3,(H2,10,12). The molecule has 14 heavy (non-hydrogen) atoms. The molecule has 6 heteroatoms. The van der Waals surface area contributed by atoms with Crippen LogP contribution < -0.4 is 5.73 Å². The molecule has 2 N–H and O–H groups in total. The van der Waals surface area contributed by atoms with E-state index < -0.39 is 0 Å². The van der Waals surface area contributed by atoms with Crippen molar-refractivity contribution in [2.24, 2.45) is 0 Å². The van der Waals surface area contributed by atoms with Crippen molar-refractivity contribution in [3.63, 3.8) is 0 Å². The van der Waals surface area contributed by atoms with E-state index in [9.17, 15) is 4.79 Å². The van der Waals surface area contributed by atoms with Crippen LogP contribution in [0.5, 0.6) is 0 Å². The van der Waals surface area contributed by atoms with Crippen LogP contribution in [0.1, 0.15) is 12.6 Å². The predicted molar refractivity (Wildman–Crippen MR) is 54.5 cm³/mol. The van der Waals surface area contributed by atoms with Gasteiger partial charge in [-0.1, -0.05) is 0 Å². The summed E-state index contributed by atoms with van der Waals surface area (Å²) in [6.45, 7) is 2.09. The third-order valence-electron chi connectivity index (χ3n) is 1.47. The van der Waals surface area contributed by atoms with E-state index in [4.69, 9.17) is 10.5 Å². The van der Waals surface area contributed by atoms with Crippen LogP contribution in [0, 0.1) is 0 Å². The average Bonchev–Trinajstić information content (AvgIpc) is 2.10. The first-order chi connectivity index (χ1) is 6.63. The molecule has 0 spiro atoms. The van der Waals surface area contributed by atoms with Gasteiger partial charge in [-0.3, -0.25) is 9.78 Å². The molecule has 5 nitrogen and oxygen atoms in total. The van der Waals surface area contributed by atoms with E-state index in [2.05, 4.69) is 25.9 Å². The van der Waals surface area contributed by atoms with Gasteiger partial charge in [0, 0.05) is 0 Å². The second kappa shape index (κ2) is 4.90. The SMILES string of the molecule is CCOC(=O)Cc1ncc(Br)nc1N. The lowest BCUT2D eigenvalue weighted by molar-refractivity contribution is -0.142. The number of anilines is 1. The van der Waals surface area contributed by atoms with E-state index in [0.717, 1.165) is 0 Å². The summed E-state index contributed by atoms with van der Waals surface area (Å²) in [4.78, 5) is 19.0.